The SMILES string of the molecule is CC(=O)/C=C(\[O-])C(F)(F)F.CC(=O)/C=C(\[O-])C(F)(F)F.CC(=O)/C=C(\[O-])C(F)(F)F.[Fe+3]. The molecule has 0 aliphatic rings. The van der Waals surface area contributed by atoms with Crippen LogP contribution in [0.1, 0.15) is 20.8 Å². The third-order valence-corrected chi connectivity index (χ3v) is 1.84. The van der Waals surface area contributed by atoms with Crippen LogP contribution in [0.3, 0.4) is 0 Å². The fourth-order valence-corrected chi connectivity index (χ4v) is 0.799. The van der Waals surface area contributed by atoms with Crippen molar-refractivity contribution in [1.29, 1.82) is 0 Å². The van der Waals surface area contributed by atoms with Crippen molar-refractivity contribution in [2.45, 2.75) is 39.3 Å². The van der Waals surface area contributed by atoms with Gasteiger partial charge in [-0.25, -0.2) is 0 Å². The summed E-state index contributed by atoms with van der Waals surface area (Å²) in [6, 6.07) is 0. The molecule has 0 saturated heterocycles. The molecule has 0 unspecified atom stereocenters. The van der Waals surface area contributed by atoms with Gasteiger partial charge in [0.2, 0.25) is 0 Å². The van der Waals surface area contributed by atoms with Gasteiger partial charge in [0.1, 0.15) is 0 Å². The molecule has 0 atom stereocenters. The van der Waals surface area contributed by atoms with Crippen LogP contribution in [0.4, 0.5) is 39.5 Å². The summed E-state index contributed by atoms with van der Waals surface area (Å²) in [4.78, 5) is 29.8. The van der Waals surface area contributed by atoms with Crippen LogP contribution in [-0.2, 0) is 31.5 Å². The molecule has 0 bridgehead atoms. The Bertz CT molecular complexity index is 606. The first-order valence-corrected chi connectivity index (χ1v) is 6.91. The topological polar surface area (TPSA) is 120 Å². The third kappa shape index (κ3) is 23.7. The second-order valence-electron chi connectivity index (χ2n) is 4.85. The number of carbonyl (C=O) groups excluding carboxylic acids is 3. The van der Waals surface area contributed by atoms with Crippen LogP contribution in [0.15, 0.2) is 35.5 Å². The first-order chi connectivity index (χ1) is 13.0. The summed E-state index contributed by atoms with van der Waals surface area (Å²) in [6.07, 6.45) is -14.7. The molecule has 0 rings (SSSR count). The number of ketones is 3. The summed E-state index contributed by atoms with van der Waals surface area (Å²) < 4.78 is 101. The fraction of sp³-hybridized carbons (Fsp3) is 0.400. The minimum Gasteiger partial charge on any atom is -0.869 e. The molecule has 0 aliphatic heterocycles. The molecule has 1 radical (unpaired) electrons. The maximum atomic E-state index is 11.3. The van der Waals surface area contributed by atoms with Crippen molar-refractivity contribution in [3.8, 4) is 0 Å². The molecule has 0 aromatic rings. The number of carbonyl (C=O) groups is 3. The van der Waals surface area contributed by atoms with Gasteiger partial charge in [-0.2, -0.15) is 39.5 Å². The van der Waals surface area contributed by atoms with Crippen LogP contribution in [0.25, 0.3) is 0 Å². The van der Waals surface area contributed by atoms with Crippen molar-refractivity contribution in [2.24, 2.45) is 0 Å². The monoisotopic (exact) mass is 515 g/mol. The quantitative estimate of drug-likeness (QED) is 0.241. The van der Waals surface area contributed by atoms with Crippen LogP contribution >= 0.6 is 0 Å². The van der Waals surface area contributed by atoms with Gasteiger partial charge in [-0.1, -0.05) is 0 Å². The van der Waals surface area contributed by atoms with Crippen molar-refractivity contribution in [1.82, 2.24) is 0 Å². The maximum Gasteiger partial charge on any atom is 3.00 e. The van der Waals surface area contributed by atoms with Crippen molar-refractivity contribution in [3.05, 3.63) is 35.5 Å². The zero-order chi connectivity index (χ0) is 25.1. The number of hydrogen-bond acceptors (Lipinski definition) is 6. The fourth-order valence-electron chi connectivity index (χ4n) is 0.799. The first-order valence-electron chi connectivity index (χ1n) is 6.91. The standard InChI is InChI=1S/3C5H5F3O2.Fe/c3*1-3(9)2-4(10)5(6,7)8;/h3*2,10H,1H3;/q;;;+3/p-3/b3*4-2-;. The Morgan fingerprint density at radius 3 is 0.677 bits per heavy atom. The van der Waals surface area contributed by atoms with Gasteiger partial charge in [0.15, 0.2) is 17.3 Å². The molecule has 0 aromatic heterocycles. The Morgan fingerprint density at radius 1 is 0.516 bits per heavy atom. The number of rotatable bonds is 3. The molecule has 0 fully saturated rings. The number of alkyl halides is 9. The normalized spacial score (nSPS) is 13.0. The summed E-state index contributed by atoms with van der Waals surface area (Å²) in [5.74, 6) is -9.04. The molecule has 0 heterocycles. The van der Waals surface area contributed by atoms with E-state index in [4.69, 9.17) is 0 Å². The van der Waals surface area contributed by atoms with E-state index in [1.54, 1.807) is 0 Å². The molecule has 0 aromatic carbocycles. The van der Waals surface area contributed by atoms with Crippen LogP contribution in [0.5, 0.6) is 0 Å². The second kappa shape index (κ2) is 14.5. The van der Waals surface area contributed by atoms with Gasteiger partial charge >= 0.3 is 35.6 Å². The molecule has 0 amide bonds. The molecule has 0 spiro atoms. The summed E-state index contributed by atoms with van der Waals surface area (Å²) in [5.41, 5.74) is 0. The van der Waals surface area contributed by atoms with Crippen LogP contribution in [0, 0.1) is 0 Å². The third-order valence-electron chi connectivity index (χ3n) is 1.84. The molecule has 6 nitrogen and oxygen atoms in total. The maximum absolute atomic E-state index is 11.3. The van der Waals surface area contributed by atoms with E-state index in [-0.39, 0.29) is 35.3 Å². The van der Waals surface area contributed by atoms with Crippen LogP contribution in [-0.4, -0.2) is 35.9 Å². The summed E-state index contributed by atoms with van der Waals surface area (Å²) >= 11 is 0. The van der Waals surface area contributed by atoms with E-state index in [9.17, 15) is 69.2 Å². The largest absolute Gasteiger partial charge is 3.00 e. The average molecular weight is 515 g/mol. The van der Waals surface area contributed by atoms with Gasteiger partial charge in [0.25, 0.3) is 0 Å². The van der Waals surface area contributed by atoms with Crippen LogP contribution in [0.2, 0.25) is 0 Å². The molecule has 0 N–H and O–H groups in total. The minimum atomic E-state index is -4.92. The van der Waals surface area contributed by atoms with Gasteiger partial charge < -0.3 is 15.3 Å². The Morgan fingerprint density at radius 2 is 0.645 bits per heavy atom. The molecule has 16 heteroatoms. The Hall–Kier alpha value is -2.48. The van der Waals surface area contributed by atoms with E-state index in [0.717, 1.165) is 20.8 Å². The van der Waals surface area contributed by atoms with Gasteiger partial charge in [0, 0.05) is 0 Å². The predicted molar refractivity (Wildman–Crippen MR) is 74.5 cm³/mol. The summed E-state index contributed by atoms with van der Waals surface area (Å²) in [6.45, 7) is 2.64. The number of hydrogen-bond donors (Lipinski definition) is 0. The van der Waals surface area contributed by atoms with E-state index in [1.807, 2.05) is 0 Å². The zero-order valence-corrected chi connectivity index (χ0v) is 16.5. The van der Waals surface area contributed by atoms with E-state index >= 15 is 0 Å². The van der Waals surface area contributed by atoms with Crippen molar-refractivity contribution < 1.29 is 86.3 Å². The molecule has 0 saturated carbocycles. The van der Waals surface area contributed by atoms with E-state index in [0.29, 0.717) is 0 Å². The van der Waals surface area contributed by atoms with Gasteiger partial charge in [-0.3, -0.25) is 14.4 Å². The van der Waals surface area contributed by atoms with Crippen molar-refractivity contribution in [3.63, 3.8) is 0 Å². The van der Waals surface area contributed by atoms with E-state index in [1.165, 1.54) is 0 Å². The Kier molecular flexibility index (Phi) is 16.8. The van der Waals surface area contributed by atoms with Gasteiger partial charge in [0.05, 0.1) is 0 Å². The smallest absolute Gasteiger partial charge is 0.869 e. The minimum absolute atomic E-state index is 0. The molecule has 179 valence electrons. The van der Waals surface area contributed by atoms with Gasteiger partial charge in [-0.15, -0.1) is 0 Å². The molecule has 0 aliphatic carbocycles. The Labute approximate surface area is 179 Å². The van der Waals surface area contributed by atoms with Crippen molar-refractivity contribution >= 4 is 17.3 Å². The van der Waals surface area contributed by atoms with Crippen molar-refractivity contribution in [2.75, 3.05) is 0 Å². The average Bonchev–Trinajstić information content (AvgIpc) is 2.43. The Balaban J connectivity index is -0.000000174. The van der Waals surface area contributed by atoms with Gasteiger partial charge in [-0.05, 0) is 56.3 Å². The molecular weight excluding hydrogens is 503 g/mol. The molecular formula is C15H12F9FeO6. The summed E-state index contributed by atoms with van der Waals surface area (Å²) in [5, 5.41) is 29.6. The zero-order valence-electron chi connectivity index (χ0n) is 15.4. The number of halogens is 9. The van der Waals surface area contributed by atoms with E-state index < -0.39 is 53.2 Å². The first kappa shape index (κ1) is 35.9. The van der Waals surface area contributed by atoms with Crippen LogP contribution < -0.4 is 15.3 Å². The number of allylic oxidation sites excluding steroid dienone is 6. The predicted octanol–water partition coefficient (Wildman–Crippen LogP) is 1.14. The summed E-state index contributed by atoms with van der Waals surface area (Å²) in [7, 11) is 0. The molecule has 31 heavy (non-hydrogen) atoms. The second-order valence-corrected chi connectivity index (χ2v) is 4.85. The van der Waals surface area contributed by atoms with E-state index in [2.05, 4.69) is 0 Å².